The van der Waals surface area contributed by atoms with Gasteiger partial charge in [0, 0.05) is 6.42 Å². The molecule has 17 heavy (non-hydrogen) atoms. The van der Waals surface area contributed by atoms with E-state index in [0.717, 1.165) is 11.1 Å². The summed E-state index contributed by atoms with van der Waals surface area (Å²) in [6, 6.07) is 8.03. The van der Waals surface area contributed by atoms with Crippen molar-refractivity contribution in [3.63, 3.8) is 0 Å². The summed E-state index contributed by atoms with van der Waals surface area (Å²) in [6.45, 7) is -0.245. The number of nitrogens with two attached hydrogens (primary N) is 1. The summed E-state index contributed by atoms with van der Waals surface area (Å²) < 4.78 is 12.1. The van der Waals surface area contributed by atoms with Crippen molar-refractivity contribution in [2.75, 3.05) is 6.54 Å². The first-order valence-corrected chi connectivity index (χ1v) is 5.11. The van der Waals surface area contributed by atoms with Gasteiger partial charge in [-0.25, -0.2) is 0 Å². The molecular weight excluding hydrogens is 225 g/mol. The summed E-state index contributed by atoms with van der Waals surface area (Å²) in [5, 5.41) is 2.35. The molecule has 4 N–H and O–H groups in total. The quantitative estimate of drug-likeness (QED) is 0.615. The highest BCUT2D eigenvalue weighted by atomic mass is 19.2. The molecule has 0 aromatic heterocycles. The van der Waals surface area contributed by atoms with Crippen LogP contribution in [0.15, 0.2) is 30.3 Å². The number of hydrogen-bond acceptors (Lipinski definition) is 3. The molecule has 2 amide bonds. The molecule has 0 aliphatic rings. The number of nitrogens with one attached hydrogen (secondary N) is 2. The van der Waals surface area contributed by atoms with Crippen LogP contribution in [0.4, 0.5) is 4.48 Å². The molecule has 92 valence electrons. The number of carbonyl (C=O) groups excluding carboxylic acids is 2. The fourth-order valence-corrected chi connectivity index (χ4v) is 1.38. The third-order valence-electron chi connectivity index (χ3n) is 2.21. The van der Waals surface area contributed by atoms with Gasteiger partial charge in [0.2, 0.25) is 5.91 Å². The Hall–Kier alpha value is -1.95. The zero-order valence-corrected chi connectivity index (χ0v) is 9.15. The lowest BCUT2D eigenvalue weighted by molar-refractivity contribution is -0.131. The normalized spacial score (nSPS) is 11.6. The molecule has 0 aliphatic carbocycles. The summed E-state index contributed by atoms with van der Waals surface area (Å²) in [7, 11) is 0. The van der Waals surface area contributed by atoms with Crippen LogP contribution in [0.5, 0.6) is 0 Å². The molecule has 0 fully saturated rings. The molecular formula is C11H14FN3O2. The molecule has 5 nitrogen and oxygen atoms in total. The number of benzene rings is 1. The molecule has 0 radical (unpaired) electrons. The minimum Gasteiger partial charge on any atom is -0.343 e. The van der Waals surface area contributed by atoms with Crippen molar-refractivity contribution in [3.05, 3.63) is 35.9 Å². The Balaban J connectivity index is 2.70. The second kappa shape index (κ2) is 6.59. The molecule has 1 aromatic rings. The fraction of sp³-hybridized carbons (Fsp3) is 0.273. The lowest BCUT2D eigenvalue weighted by Gasteiger charge is -2.15. The van der Waals surface area contributed by atoms with Crippen molar-refractivity contribution in [2.45, 2.75) is 12.5 Å². The third-order valence-corrected chi connectivity index (χ3v) is 2.21. The zero-order valence-electron chi connectivity index (χ0n) is 9.15. The lowest BCUT2D eigenvalue weighted by atomic mass is 10.1. The van der Waals surface area contributed by atoms with Gasteiger partial charge in [-0.3, -0.25) is 9.59 Å². The van der Waals surface area contributed by atoms with Crippen LogP contribution in [-0.4, -0.2) is 24.4 Å². The van der Waals surface area contributed by atoms with Gasteiger partial charge in [0.05, 0.1) is 6.54 Å². The van der Waals surface area contributed by atoms with Crippen molar-refractivity contribution < 1.29 is 14.1 Å². The molecule has 1 unspecified atom stereocenters. The van der Waals surface area contributed by atoms with E-state index in [1.807, 2.05) is 6.07 Å². The Bertz CT molecular complexity index is 384. The molecule has 0 aliphatic heterocycles. The number of carbonyl (C=O) groups is 2. The van der Waals surface area contributed by atoms with Gasteiger partial charge in [-0.1, -0.05) is 30.3 Å². The van der Waals surface area contributed by atoms with Crippen LogP contribution in [0.3, 0.4) is 0 Å². The highest BCUT2D eigenvalue weighted by Gasteiger charge is 2.20. The van der Waals surface area contributed by atoms with E-state index in [4.69, 9.17) is 5.73 Å². The molecule has 1 aromatic carbocycles. The Morgan fingerprint density at radius 1 is 1.29 bits per heavy atom. The smallest absolute Gasteiger partial charge is 0.270 e. The molecule has 0 saturated carbocycles. The second-order valence-corrected chi connectivity index (χ2v) is 3.47. The van der Waals surface area contributed by atoms with Gasteiger partial charge in [-0.05, 0) is 5.56 Å². The lowest BCUT2D eigenvalue weighted by Crippen LogP contribution is -2.48. The molecule has 0 saturated heterocycles. The summed E-state index contributed by atoms with van der Waals surface area (Å²) in [6.07, 6.45) is 0.211. The van der Waals surface area contributed by atoms with E-state index < -0.39 is 17.9 Å². The van der Waals surface area contributed by atoms with Crippen molar-refractivity contribution in [1.29, 1.82) is 0 Å². The van der Waals surface area contributed by atoms with Crippen LogP contribution in [0.2, 0.25) is 0 Å². The average molecular weight is 239 g/mol. The molecule has 1 atom stereocenters. The molecule has 0 heterocycles. The maximum Gasteiger partial charge on any atom is 0.270 e. The SMILES string of the molecule is NCC(=O)NC(Cc1ccccc1)C(=O)NF. The number of hydrogen-bond donors (Lipinski definition) is 3. The zero-order chi connectivity index (χ0) is 12.7. The largest absolute Gasteiger partial charge is 0.343 e. The Kier molecular flexibility index (Phi) is 5.09. The van der Waals surface area contributed by atoms with Crippen LogP contribution >= 0.6 is 0 Å². The van der Waals surface area contributed by atoms with E-state index >= 15 is 0 Å². The number of amides is 2. The van der Waals surface area contributed by atoms with Crippen molar-refractivity contribution in [3.8, 4) is 0 Å². The maximum atomic E-state index is 12.1. The number of rotatable bonds is 5. The van der Waals surface area contributed by atoms with E-state index in [-0.39, 0.29) is 13.0 Å². The van der Waals surface area contributed by atoms with Gasteiger partial charge < -0.3 is 11.1 Å². The van der Waals surface area contributed by atoms with Crippen LogP contribution in [0, 0.1) is 0 Å². The minimum atomic E-state index is -0.960. The predicted molar refractivity (Wildman–Crippen MR) is 60.4 cm³/mol. The summed E-state index contributed by atoms with van der Waals surface area (Å²) in [5.41, 5.74) is 6.96. The summed E-state index contributed by atoms with van der Waals surface area (Å²) in [5.74, 6) is -1.40. The van der Waals surface area contributed by atoms with Crippen molar-refractivity contribution in [1.82, 2.24) is 10.9 Å². The topological polar surface area (TPSA) is 84.2 Å². The first-order valence-electron chi connectivity index (χ1n) is 5.11. The minimum absolute atomic E-state index is 0.211. The van der Waals surface area contributed by atoms with Gasteiger partial charge in [-0.15, -0.1) is 4.48 Å². The highest BCUT2D eigenvalue weighted by Crippen LogP contribution is 2.03. The molecule has 1 rings (SSSR count). The maximum absolute atomic E-state index is 12.1. The van der Waals surface area contributed by atoms with Crippen LogP contribution in [0.25, 0.3) is 0 Å². The van der Waals surface area contributed by atoms with E-state index in [1.165, 1.54) is 0 Å². The van der Waals surface area contributed by atoms with Gasteiger partial charge >= 0.3 is 0 Å². The molecule has 0 bridgehead atoms. The fourth-order valence-electron chi connectivity index (χ4n) is 1.38. The monoisotopic (exact) mass is 239 g/mol. The molecule has 0 spiro atoms. The van der Waals surface area contributed by atoms with Crippen LogP contribution < -0.4 is 16.6 Å². The van der Waals surface area contributed by atoms with Gasteiger partial charge in [0.1, 0.15) is 6.04 Å². The predicted octanol–water partition coefficient (Wildman–Crippen LogP) is -0.327. The summed E-state index contributed by atoms with van der Waals surface area (Å²) in [4.78, 5) is 22.3. The number of halogens is 1. The Morgan fingerprint density at radius 3 is 2.47 bits per heavy atom. The van der Waals surface area contributed by atoms with E-state index in [1.54, 1.807) is 24.3 Å². The highest BCUT2D eigenvalue weighted by molar-refractivity contribution is 5.87. The van der Waals surface area contributed by atoms with Crippen LogP contribution in [0.1, 0.15) is 5.56 Å². The van der Waals surface area contributed by atoms with E-state index in [0.29, 0.717) is 0 Å². The van der Waals surface area contributed by atoms with Gasteiger partial charge in [0.25, 0.3) is 5.91 Å². The Morgan fingerprint density at radius 2 is 1.94 bits per heavy atom. The van der Waals surface area contributed by atoms with Gasteiger partial charge in [0.15, 0.2) is 0 Å². The third kappa shape index (κ3) is 4.20. The van der Waals surface area contributed by atoms with Gasteiger partial charge in [-0.2, -0.15) is 5.54 Å². The van der Waals surface area contributed by atoms with Crippen LogP contribution in [-0.2, 0) is 16.0 Å². The first-order chi connectivity index (χ1) is 8.17. The van der Waals surface area contributed by atoms with Crippen molar-refractivity contribution in [2.24, 2.45) is 5.73 Å². The standard InChI is InChI=1S/C11H14FN3O2/c12-15-11(17)9(14-10(16)7-13)6-8-4-2-1-3-5-8/h1-5,9H,6-7,13H2,(H,14,16)(H,15,17). The average Bonchev–Trinajstić information content (AvgIpc) is 2.38. The van der Waals surface area contributed by atoms with Crippen molar-refractivity contribution >= 4 is 11.8 Å². The van der Waals surface area contributed by atoms with E-state index in [2.05, 4.69) is 5.32 Å². The second-order valence-electron chi connectivity index (χ2n) is 3.47. The Labute approximate surface area is 98.1 Å². The first kappa shape index (κ1) is 13.1. The van der Waals surface area contributed by atoms with E-state index in [9.17, 15) is 14.1 Å². The molecule has 6 heteroatoms. The summed E-state index contributed by atoms with van der Waals surface area (Å²) >= 11 is 0.